The van der Waals surface area contributed by atoms with Gasteiger partial charge in [0.1, 0.15) is 5.75 Å². The van der Waals surface area contributed by atoms with Crippen LogP contribution in [0.25, 0.3) is 0 Å². The van der Waals surface area contributed by atoms with Crippen molar-refractivity contribution in [3.05, 3.63) is 58.3 Å². The van der Waals surface area contributed by atoms with E-state index in [-0.39, 0.29) is 11.5 Å². The number of hydrogen-bond acceptors (Lipinski definition) is 6. The number of rotatable bonds is 5. The van der Waals surface area contributed by atoms with Gasteiger partial charge in [-0.05, 0) is 23.8 Å². The van der Waals surface area contributed by atoms with Gasteiger partial charge in [0.2, 0.25) is 5.82 Å². The van der Waals surface area contributed by atoms with Crippen LogP contribution >= 0.6 is 0 Å². The summed E-state index contributed by atoms with van der Waals surface area (Å²) in [6.45, 7) is 0. The summed E-state index contributed by atoms with van der Waals surface area (Å²) in [4.78, 5) is 14.2. The number of benzene rings is 1. The van der Waals surface area contributed by atoms with Gasteiger partial charge in [0.15, 0.2) is 0 Å². The molecule has 20 heavy (non-hydrogen) atoms. The van der Waals surface area contributed by atoms with Crippen molar-refractivity contribution in [1.82, 2.24) is 4.98 Å². The van der Waals surface area contributed by atoms with Crippen molar-refractivity contribution in [2.24, 2.45) is 5.10 Å². The summed E-state index contributed by atoms with van der Waals surface area (Å²) >= 11 is 0. The predicted molar refractivity (Wildman–Crippen MR) is 75.1 cm³/mol. The van der Waals surface area contributed by atoms with Crippen LogP contribution in [0.3, 0.4) is 0 Å². The van der Waals surface area contributed by atoms with Gasteiger partial charge in [-0.2, -0.15) is 5.10 Å². The molecular weight excluding hydrogens is 260 g/mol. The summed E-state index contributed by atoms with van der Waals surface area (Å²) in [5.74, 6) is 0.800. The molecule has 0 atom stereocenters. The van der Waals surface area contributed by atoms with E-state index in [9.17, 15) is 10.1 Å². The zero-order chi connectivity index (χ0) is 14.4. The van der Waals surface area contributed by atoms with Gasteiger partial charge in [-0.1, -0.05) is 12.1 Å². The maximum atomic E-state index is 10.8. The number of ether oxygens (including phenoxy) is 1. The van der Waals surface area contributed by atoms with Crippen LogP contribution in [-0.4, -0.2) is 23.2 Å². The molecule has 0 saturated carbocycles. The average molecular weight is 272 g/mol. The van der Waals surface area contributed by atoms with Crippen molar-refractivity contribution < 1.29 is 9.66 Å². The van der Waals surface area contributed by atoms with Gasteiger partial charge in [-0.3, -0.25) is 15.5 Å². The summed E-state index contributed by atoms with van der Waals surface area (Å²) in [7, 11) is 1.58. The van der Waals surface area contributed by atoms with Crippen LogP contribution in [0.4, 0.5) is 11.5 Å². The van der Waals surface area contributed by atoms with E-state index in [1.165, 1.54) is 24.5 Å². The molecule has 2 aromatic rings. The molecule has 1 heterocycles. The van der Waals surface area contributed by atoms with E-state index in [2.05, 4.69) is 15.5 Å². The van der Waals surface area contributed by atoms with Crippen LogP contribution in [0.15, 0.2) is 47.7 Å². The monoisotopic (exact) mass is 272 g/mol. The second kappa shape index (κ2) is 6.28. The van der Waals surface area contributed by atoms with Gasteiger partial charge in [-0.15, -0.1) is 0 Å². The highest BCUT2D eigenvalue weighted by molar-refractivity contribution is 5.81. The van der Waals surface area contributed by atoms with Gasteiger partial charge < -0.3 is 4.74 Å². The lowest BCUT2D eigenvalue weighted by molar-refractivity contribution is -0.384. The number of nitrogens with one attached hydrogen (secondary N) is 1. The Morgan fingerprint density at radius 2 is 2.25 bits per heavy atom. The fraction of sp³-hybridized carbons (Fsp3) is 0.0769. The van der Waals surface area contributed by atoms with Gasteiger partial charge in [0, 0.05) is 12.3 Å². The topological polar surface area (TPSA) is 89.7 Å². The molecule has 0 radical (unpaired) electrons. The van der Waals surface area contributed by atoms with Crippen molar-refractivity contribution >= 4 is 17.7 Å². The van der Waals surface area contributed by atoms with Crippen LogP contribution in [-0.2, 0) is 0 Å². The fourth-order valence-electron chi connectivity index (χ4n) is 1.52. The van der Waals surface area contributed by atoms with Crippen molar-refractivity contribution in [3.63, 3.8) is 0 Å². The number of hydrazone groups is 1. The highest BCUT2D eigenvalue weighted by atomic mass is 16.6. The van der Waals surface area contributed by atoms with E-state index in [1.54, 1.807) is 13.2 Å². The Morgan fingerprint density at radius 1 is 1.40 bits per heavy atom. The Morgan fingerprint density at radius 3 is 3.00 bits per heavy atom. The summed E-state index contributed by atoms with van der Waals surface area (Å²) in [5.41, 5.74) is 3.23. The number of pyridine rings is 1. The first kappa shape index (κ1) is 13.5. The second-order valence-electron chi connectivity index (χ2n) is 3.77. The van der Waals surface area contributed by atoms with Crippen molar-refractivity contribution in [3.8, 4) is 5.75 Å². The Balaban J connectivity index is 2.12. The van der Waals surface area contributed by atoms with Crippen molar-refractivity contribution in [2.45, 2.75) is 0 Å². The molecule has 7 nitrogen and oxygen atoms in total. The van der Waals surface area contributed by atoms with Crippen molar-refractivity contribution in [2.75, 3.05) is 12.5 Å². The Kier molecular flexibility index (Phi) is 4.23. The van der Waals surface area contributed by atoms with Gasteiger partial charge in [-0.25, -0.2) is 4.98 Å². The van der Waals surface area contributed by atoms with E-state index < -0.39 is 4.92 Å². The first-order valence-corrected chi connectivity index (χ1v) is 5.73. The third kappa shape index (κ3) is 3.29. The van der Waals surface area contributed by atoms with E-state index in [4.69, 9.17) is 4.74 Å². The molecule has 0 spiro atoms. The molecule has 0 fully saturated rings. The molecule has 7 heteroatoms. The minimum atomic E-state index is -0.517. The van der Waals surface area contributed by atoms with E-state index >= 15 is 0 Å². The number of nitro groups is 1. The molecule has 1 N–H and O–H groups in total. The minimum Gasteiger partial charge on any atom is -0.497 e. The molecular formula is C13H12N4O3. The zero-order valence-corrected chi connectivity index (χ0v) is 10.7. The molecule has 0 aliphatic rings. The van der Waals surface area contributed by atoms with Gasteiger partial charge in [0.05, 0.1) is 18.2 Å². The number of methoxy groups -OCH3 is 1. The lowest BCUT2D eigenvalue weighted by atomic mass is 10.2. The Bertz CT molecular complexity index is 643. The summed E-state index contributed by atoms with van der Waals surface area (Å²) in [6, 6.07) is 10.1. The fourth-order valence-corrected chi connectivity index (χ4v) is 1.52. The molecule has 1 aromatic heterocycles. The lowest BCUT2D eigenvalue weighted by Crippen LogP contribution is -1.99. The van der Waals surface area contributed by atoms with Crippen molar-refractivity contribution in [1.29, 1.82) is 0 Å². The maximum Gasteiger partial charge on any atom is 0.313 e. The summed E-state index contributed by atoms with van der Waals surface area (Å²) < 4.78 is 5.09. The first-order chi connectivity index (χ1) is 9.70. The zero-order valence-electron chi connectivity index (χ0n) is 10.7. The number of anilines is 1. The molecule has 0 saturated heterocycles. The summed E-state index contributed by atoms with van der Waals surface area (Å²) in [5, 5.41) is 14.7. The van der Waals surface area contributed by atoms with Crippen LogP contribution in [0.2, 0.25) is 0 Å². The minimum absolute atomic E-state index is 0.0941. The molecule has 102 valence electrons. The number of aromatic nitrogens is 1. The van der Waals surface area contributed by atoms with Gasteiger partial charge in [0.25, 0.3) is 0 Å². The lowest BCUT2D eigenvalue weighted by Gasteiger charge is -2.01. The summed E-state index contributed by atoms with van der Waals surface area (Å²) in [6.07, 6.45) is 2.98. The first-order valence-electron chi connectivity index (χ1n) is 5.73. The van der Waals surface area contributed by atoms with Crippen LogP contribution in [0, 0.1) is 10.1 Å². The number of hydrogen-bond donors (Lipinski definition) is 1. The maximum absolute atomic E-state index is 10.8. The molecule has 0 aliphatic heterocycles. The molecule has 0 unspecified atom stereocenters. The third-order valence-electron chi connectivity index (χ3n) is 2.46. The molecule has 0 aliphatic carbocycles. The SMILES string of the molecule is COc1cccc(/C=N\Nc2ncccc2[N+](=O)[O-])c1. The Labute approximate surface area is 115 Å². The van der Waals surface area contributed by atoms with Crippen LogP contribution < -0.4 is 10.2 Å². The highest BCUT2D eigenvalue weighted by Gasteiger charge is 2.12. The molecule has 1 aromatic carbocycles. The van der Waals surface area contributed by atoms with Gasteiger partial charge >= 0.3 is 5.69 Å². The third-order valence-corrected chi connectivity index (χ3v) is 2.46. The van der Waals surface area contributed by atoms with Crippen LogP contribution in [0.1, 0.15) is 5.56 Å². The van der Waals surface area contributed by atoms with E-state index in [1.807, 2.05) is 18.2 Å². The Hall–Kier alpha value is -2.96. The molecule has 0 bridgehead atoms. The average Bonchev–Trinajstić information content (AvgIpc) is 2.48. The smallest absolute Gasteiger partial charge is 0.313 e. The molecule has 2 rings (SSSR count). The van der Waals surface area contributed by atoms with E-state index in [0.717, 1.165) is 5.56 Å². The van der Waals surface area contributed by atoms with Crippen LogP contribution in [0.5, 0.6) is 5.75 Å². The predicted octanol–water partition coefficient (Wildman–Crippen LogP) is 2.44. The van der Waals surface area contributed by atoms with E-state index in [0.29, 0.717) is 5.75 Å². The highest BCUT2D eigenvalue weighted by Crippen LogP contribution is 2.20. The molecule has 0 amide bonds. The normalized spacial score (nSPS) is 10.4. The standard InChI is InChI=1S/C13H12N4O3/c1-20-11-5-2-4-10(8-11)9-15-16-13-12(17(18)19)6-3-7-14-13/h2-9H,1H3,(H,14,16)/b15-9-. The second-order valence-corrected chi connectivity index (χ2v) is 3.77. The quantitative estimate of drug-likeness (QED) is 0.513. The largest absolute Gasteiger partial charge is 0.497 e. The number of nitrogens with zero attached hydrogens (tertiary/aromatic N) is 3.